The van der Waals surface area contributed by atoms with Gasteiger partial charge >= 0.3 is 0 Å². The zero-order valence-corrected chi connectivity index (χ0v) is 10.8. The minimum Gasteiger partial charge on any atom is -0.298 e. The smallest absolute Gasteiger partial charge is 0.246 e. The third kappa shape index (κ3) is 2.59. The van der Waals surface area contributed by atoms with Crippen LogP contribution in [0.25, 0.3) is 0 Å². The number of aryl methyl sites for hydroxylation is 1. The van der Waals surface area contributed by atoms with E-state index in [9.17, 15) is 9.59 Å². The fourth-order valence-electron chi connectivity index (χ4n) is 2.01. The molecule has 0 radical (unpaired) electrons. The molecule has 2 rings (SSSR count). The van der Waals surface area contributed by atoms with Crippen LogP contribution in [0.4, 0.5) is 0 Å². The third-order valence-electron chi connectivity index (χ3n) is 3.27. The molecule has 1 aliphatic heterocycles. The minimum absolute atomic E-state index is 0.147. The quantitative estimate of drug-likeness (QED) is 0.812. The number of piperazine rings is 1. The van der Waals surface area contributed by atoms with Gasteiger partial charge in [-0.05, 0) is 24.5 Å². The van der Waals surface area contributed by atoms with Crippen LogP contribution in [0.5, 0.6) is 0 Å². The molecule has 1 aliphatic rings. The van der Waals surface area contributed by atoms with Gasteiger partial charge in [0.05, 0.1) is 19.1 Å². The molecule has 18 heavy (non-hydrogen) atoms. The van der Waals surface area contributed by atoms with Gasteiger partial charge in [-0.15, -0.1) is 0 Å². The number of hydrogen-bond donors (Lipinski definition) is 1. The molecule has 1 saturated heterocycles. The number of nitrogens with one attached hydrogen (secondary N) is 1. The van der Waals surface area contributed by atoms with Crippen molar-refractivity contribution in [1.29, 1.82) is 0 Å². The normalized spacial score (nSPS) is 20.3. The minimum atomic E-state index is -0.280. The molecule has 1 N–H and O–H groups in total. The molecule has 0 aromatic heterocycles. The van der Waals surface area contributed by atoms with E-state index in [0.29, 0.717) is 6.54 Å². The van der Waals surface area contributed by atoms with Gasteiger partial charge in [-0.3, -0.25) is 19.8 Å². The average Bonchev–Trinajstić information content (AvgIpc) is 2.40. The van der Waals surface area contributed by atoms with E-state index < -0.39 is 0 Å². The van der Waals surface area contributed by atoms with Crippen LogP contribution < -0.4 is 5.32 Å². The summed E-state index contributed by atoms with van der Waals surface area (Å²) in [7, 11) is 0. The van der Waals surface area contributed by atoms with Crippen LogP contribution in [0, 0.1) is 0 Å². The van der Waals surface area contributed by atoms with Crippen molar-refractivity contribution in [2.24, 2.45) is 0 Å². The molecule has 4 nitrogen and oxygen atoms in total. The monoisotopic (exact) mass is 246 g/mol. The van der Waals surface area contributed by atoms with Crippen molar-refractivity contribution in [3.05, 3.63) is 35.4 Å². The van der Waals surface area contributed by atoms with Gasteiger partial charge in [0.25, 0.3) is 0 Å². The second-order valence-electron chi connectivity index (χ2n) is 4.59. The number of carbonyl (C=O) groups excluding carboxylic acids is 2. The molecule has 1 fully saturated rings. The first-order chi connectivity index (χ1) is 8.61. The zero-order valence-electron chi connectivity index (χ0n) is 10.8. The van der Waals surface area contributed by atoms with E-state index in [2.05, 4.69) is 12.2 Å². The molecule has 0 saturated carbocycles. The Morgan fingerprint density at radius 3 is 2.44 bits per heavy atom. The number of carbonyl (C=O) groups is 2. The maximum absolute atomic E-state index is 11.9. The fraction of sp³-hybridized carbons (Fsp3) is 0.429. The molecule has 1 heterocycles. The summed E-state index contributed by atoms with van der Waals surface area (Å²) in [5.74, 6) is -0.302. The number of amides is 2. The van der Waals surface area contributed by atoms with Crippen molar-refractivity contribution >= 4 is 11.8 Å². The van der Waals surface area contributed by atoms with Crippen molar-refractivity contribution in [2.45, 2.75) is 32.9 Å². The van der Waals surface area contributed by atoms with E-state index in [-0.39, 0.29) is 24.4 Å². The lowest BCUT2D eigenvalue weighted by Gasteiger charge is -2.29. The van der Waals surface area contributed by atoms with Crippen molar-refractivity contribution < 1.29 is 9.59 Å². The molecule has 4 heteroatoms. The van der Waals surface area contributed by atoms with E-state index in [1.165, 1.54) is 10.5 Å². The summed E-state index contributed by atoms with van der Waals surface area (Å²) in [5.41, 5.74) is 2.24. The predicted octanol–water partition coefficient (Wildman–Crippen LogP) is 1.10. The maximum Gasteiger partial charge on any atom is 0.246 e. The van der Waals surface area contributed by atoms with Gasteiger partial charge in [0, 0.05) is 0 Å². The molecular formula is C14H18N2O2. The molecular weight excluding hydrogens is 228 g/mol. The number of hydrogen-bond acceptors (Lipinski definition) is 3. The summed E-state index contributed by atoms with van der Waals surface area (Å²) in [6.45, 7) is 4.48. The first-order valence-electron chi connectivity index (χ1n) is 6.27. The van der Waals surface area contributed by atoms with Crippen molar-refractivity contribution in [3.8, 4) is 0 Å². The number of benzene rings is 1. The molecule has 0 bridgehead atoms. The van der Waals surface area contributed by atoms with Crippen molar-refractivity contribution in [3.63, 3.8) is 0 Å². The standard InChI is InChI=1S/C14H18N2O2/c1-3-11-4-6-12(7-5-11)9-16-13(17)8-15-10(2)14(16)18/h4-7,10,15H,3,8-9H2,1-2H3. The van der Waals surface area contributed by atoms with Gasteiger partial charge in [-0.2, -0.15) is 0 Å². The summed E-state index contributed by atoms with van der Waals surface area (Å²) < 4.78 is 0. The summed E-state index contributed by atoms with van der Waals surface area (Å²) in [6, 6.07) is 7.75. The van der Waals surface area contributed by atoms with Gasteiger partial charge in [0.2, 0.25) is 11.8 Å². The van der Waals surface area contributed by atoms with Gasteiger partial charge in [-0.1, -0.05) is 31.2 Å². The van der Waals surface area contributed by atoms with Gasteiger partial charge in [0.15, 0.2) is 0 Å². The largest absolute Gasteiger partial charge is 0.298 e. The molecule has 1 aromatic carbocycles. The Morgan fingerprint density at radius 2 is 1.83 bits per heavy atom. The second-order valence-corrected chi connectivity index (χ2v) is 4.59. The second kappa shape index (κ2) is 5.31. The highest BCUT2D eigenvalue weighted by Gasteiger charge is 2.30. The Bertz CT molecular complexity index is 453. The van der Waals surface area contributed by atoms with Crippen LogP contribution in [0.3, 0.4) is 0 Å². The van der Waals surface area contributed by atoms with Crippen LogP contribution in [-0.4, -0.2) is 29.3 Å². The lowest BCUT2D eigenvalue weighted by Crippen LogP contribution is -2.56. The summed E-state index contributed by atoms with van der Waals surface area (Å²) in [5, 5.41) is 2.87. The highest BCUT2D eigenvalue weighted by molar-refractivity contribution is 6.00. The SMILES string of the molecule is CCc1ccc(CN2C(=O)CNC(C)C2=O)cc1. The zero-order chi connectivity index (χ0) is 13.1. The Morgan fingerprint density at radius 1 is 1.22 bits per heavy atom. The molecule has 1 unspecified atom stereocenters. The van der Waals surface area contributed by atoms with E-state index in [0.717, 1.165) is 12.0 Å². The predicted molar refractivity (Wildman–Crippen MR) is 68.8 cm³/mol. The molecule has 0 aliphatic carbocycles. The maximum atomic E-state index is 11.9. The highest BCUT2D eigenvalue weighted by atomic mass is 16.2. The van der Waals surface area contributed by atoms with E-state index in [4.69, 9.17) is 0 Å². The Kier molecular flexibility index (Phi) is 3.77. The van der Waals surface area contributed by atoms with Gasteiger partial charge in [0.1, 0.15) is 0 Å². The number of nitrogens with zero attached hydrogens (tertiary/aromatic N) is 1. The molecule has 2 amide bonds. The number of imide groups is 1. The highest BCUT2D eigenvalue weighted by Crippen LogP contribution is 2.11. The Balaban J connectivity index is 2.11. The summed E-state index contributed by atoms with van der Waals surface area (Å²) >= 11 is 0. The first-order valence-corrected chi connectivity index (χ1v) is 6.27. The van der Waals surface area contributed by atoms with Gasteiger partial charge < -0.3 is 0 Å². The molecule has 0 spiro atoms. The van der Waals surface area contributed by atoms with E-state index in [1.54, 1.807) is 6.92 Å². The van der Waals surface area contributed by atoms with Crippen LogP contribution >= 0.6 is 0 Å². The number of rotatable bonds is 3. The van der Waals surface area contributed by atoms with E-state index in [1.807, 2.05) is 24.3 Å². The van der Waals surface area contributed by atoms with Crippen molar-refractivity contribution in [2.75, 3.05) is 6.54 Å². The first kappa shape index (κ1) is 12.8. The van der Waals surface area contributed by atoms with Crippen molar-refractivity contribution in [1.82, 2.24) is 10.2 Å². The molecule has 96 valence electrons. The fourth-order valence-corrected chi connectivity index (χ4v) is 2.01. The van der Waals surface area contributed by atoms with E-state index >= 15 is 0 Å². The van der Waals surface area contributed by atoms with Gasteiger partial charge in [-0.25, -0.2) is 0 Å². The summed E-state index contributed by atoms with van der Waals surface area (Å²) in [4.78, 5) is 25.0. The van der Waals surface area contributed by atoms with Crippen LogP contribution in [0.1, 0.15) is 25.0 Å². The Hall–Kier alpha value is -1.68. The summed E-state index contributed by atoms with van der Waals surface area (Å²) in [6.07, 6.45) is 0.989. The van der Waals surface area contributed by atoms with Crippen LogP contribution in [0.2, 0.25) is 0 Å². The molecule has 1 atom stereocenters. The molecule has 1 aromatic rings. The Labute approximate surface area is 107 Å². The van der Waals surface area contributed by atoms with Crippen LogP contribution in [0.15, 0.2) is 24.3 Å². The topological polar surface area (TPSA) is 49.4 Å². The lowest BCUT2D eigenvalue weighted by molar-refractivity contribution is -0.149. The lowest BCUT2D eigenvalue weighted by atomic mass is 10.1. The van der Waals surface area contributed by atoms with Crippen LogP contribution in [-0.2, 0) is 22.6 Å². The third-order valence-corrected chi connectivity index (χ3v) is 3.27. The average molecular weight is 246 g/mol.